The first-order valence-corrected chi connectivity index (χ1v) is 17.9. The first-order valence-electron chi connectivity index (χ1n) is 14.4. The zero-order valence-corrected chi connectivity index (χ0v) is 26.2. The summed E-state index contributed by atoms with van der Waals surface area (Å²) < 4.78 is 63.8. The van der Waals surface area contributed by atoms with Crippen molar-refractivity contribution < 1.29 is 35.6 Å². The second-order valence-corrected chi connectivity index (χ2v) is 14.1. The van der Waals surface area contributed by atoms with Crippen molar-refractivity contribution in [1.82, 2.24) is 0 Å². The molecular weight excluding hydrogens is 621 g/mol. The van der Waals surface area contributed by atoms with Gasteiger partial charge in [-0.15, -0.1) is 0 Å². The minimum absolute atomic E-state index is 0.176. The molecule has 3 atom stereocenters. The predicted octanol–water partition coefficient (Wildman–Crippen LogP) is 5.41. The van der Waals surface area contributed by atoms with Crippen LogP contribution < -0.4 is 14.5 Å². The molecule has 2 aliphatic heterocycles. The standard InChI is InChI=1S/C32H32N2O7S3/c35-43(36)40-19-7-6-17-33-27-21-25(23-9-2-1-3-10-23)13-15-28(27)41-30(33)22-31-34(18-8-20-44(37,38)39)32-26-12-5-4-11-24(26)14-16-29(32)42-31/h1-5,9-16,21-22,31H,6-8,17-20H2,(H,35,36)(H,37,38,39)/p+1. The maximum atomic E-state index is 11.6. The van der Waals surface area contributed by atoms with Gasteiger partial charge in [0.2, 0.25) is 0 Å². The smallest absolute Gasteiger partial charge is 0.301 e. The van der Waals surface area contributed by atoms with Crippen molar-refractivity contribution in [1.29, 1.82) is 0 Å². The predicted molar refractivity (Wildman–Crippen MR) is 174 cm³/mol. The molecule has 0 aliphatic carbocycles. The molecule has 0 saturated carbocycles. The number of hydrogen-bond donors (Lipinski definition) is 3. The fraction of sp³-hybridized carbons (Fsp3) is 0.250. The van der Waals surface area contributed by atoms with E-state index in [1.54, 1.807) is 11.8 Å². The van der Waals surface area contributed by atoms with Crippen LogP contribution in [0.15, 0.2) is 102 Å². The van der Waals surface area contributed by atoms with E-state index in [2.05, 4.69) is 53.4 Å². The van der Waals surface area contributed by atoms with Gasteiger partial charge in [-0.1, -0.05) is 78.5 Å². The summed E-state index contributed by atoms with van der Waals surface area (Å²) in [6.45, 7) is 1.28. The minimum atomic E-state index is -4.09. The van der Waals surface area contributed by atoms with Crippen molar-refractivity contribution in [2.75, 3.05) is 30.3 Å². The Labute approximate surface area is 263 Å². The number of nitrogens with one attached hydrogen (secondary N) is 1. The highest BCUT2D eigenvalue weighted by molar-refractivity contribution is 8.00. The molecule has 0 saturated heterocycles. The molecule has 12 heteroatoms. The lowest BCUT2D eigenvalue weighted by Crippen LogP contribution is -3.04. The van der Waals surface area contributed by atoms with E-state index in [1.165, 1.54) is 0 Å². The Morgan fingerprint density at radius 2 is 1.77 bits per heavy atom. The van der Waals surface area contributed by atoms with Crippen molar-refractivity contribution in [3.63, 3.8) is 0 Å². The Morgan fingerprint density at radius 1 is 0.977 bits per heavy atom. The Hall–Kier alpha value is -3.23. The average Bonchev–Trinajstić information content (AvgIpc) is 3.53. The molecule has 4 aromatic carbocycles. The number of anilines is 1. The fourth-order valence-corrected chi connectivity index (χ4v) is 7.79. The first-order chi connectivity index (χ1) is 21.3. The van der Waals surface area contributed by atoms with Crippen LogP contribution in [-0.4, -0.2) is 52.6 Å². The van der Waals surface area contributed by atoms with Gasteiger partial charge in [-0.25, -0.2) is 4.90 Å². The van der Waals surface area contributed by atoms with Crippen molar-refractivity contribution >= 4 is 55.4 Å². The quantitative estimate of drug-likeness (QED) is 0.105. The van der Waals surface area contributed by atoms with E-state index in [-0.39, 0.29) is 24.2 Å². The van der Waals surface area contributed by atoms with Gasteiger partial charge >= 0.3 is 11.4 Å². The molecule has 4 aromatic rings. The molecule has 3 N–H and O–H groups in total. The van der Waals surface area contributed by atoms with Crippen molar-refractivity contribution in [2.24, 2.45) is 0 Å². The highest BCUT2D eigenvalue weighted by Gasteiger charge is 2.37. The molecule has 44 heavy (non-hydrogen) atoms. The van der Waals surface area contributed by atoms with E-state index in [4.69, 9.17) is 13.5 Å². The van der Waals surface area contributed by atoms with Crippen LogP contribution in [0.1, 0.15) is 19.3 Å². The molecule has 0 radical (unpaired) electrons. The van der Waals surface area contributed by atoms with Crippen LogP contribution in [0.25, 0.3) is 21.9 Å². The molecule has 0 amide bonds. The lowest BCUT2D eigenvalue weighted by Gasteiger charge is -2.25. The van der Waals surface area contributed by atoms with E-state index in [1.807, 2.05) is 42.5 Å². The number of fused-ring (bicyclic) bond motifs is 4. The van der Waals surface area contributed by atoms with Gasteiger partial charge in [0.1, 0.15) is 5.37 Å². The third kappa shape index (κ3) is 7.02. The highest BCUT2D eigenvalue weighted by atomic mass is 32.2. The Kier molecular flexibility index (Phi) is 9.38. The lowest BCUT2D eigenvalue weighted by atomic mass is 10.0. The molecule has 230 valence electrons. The zero-order chi connectivity index (χ0) is 30.7. The number of unbranched alkanes of at least 4 members (excludes halogenated alkanes) is 1. The average molecular weight is 654 g/mol. The van der Waals surface area contributed by atoms with Crippen LogP contribution in [0.3, 0.4) is 0 Å². The molecule has 9 nitrogen and oxygen atoms in total. The number of thioether (sulfide) groups is 1. The van der Waals surface area contributed by atoms with Gasteiger partial charge < -0.3 is 9.64 Å². The van der Waals surface area contributed by atoms with Gasteiger partial charge in [-0.05, 0) is 47.9 Å². The summed E-state index contributed by atoms with van der Waals surface area (Å²) in [5.41, 5.74) is 4.23. The summed E-state index contributed by atoms with van der Waals surface area (Å²) in [6, 6.07) is 28.7. The maximum Gasteiger partial charge on any atom is 0.301 e. The fourth-order valence-electron chi connectivity index (χ4n) is 5.76. The number of quaternary nitrogens is 1. The molecular formula is C32H33N2O7S3+. The van der Waals surface area contributed by atoms with Crippen LogP contribution in [0.5, 0.6) is 5.75 Å². The topological polar surface area (TPSA) is 118 Å². The van der Waals surface area contributed by atoms with Crippen molar-refractivity contribution in [3.05, 3.63) is 96.9 Å². The van der Waals surface area contributed by atoms with E-state index >= 15 is 0 Å². The normalized spacial score (nSPS) is 19.2. The maximum absolute atomic E-state index is 11.6. The Balaban J connectivity index is 1.33. The van der Waals surface area contributed by atoms with Gasteiger partial charge in [0.05, 0.1) is 30.7 Å². The van der Waals surface area contributed by atoms with E-state index in [9.17, 15) is 17.2 Å². The first kappa shape index (κ1) is 30.8. The Bertz CT molecular complexity index is 1820. The second-order valence-electron chi connectivity index (χ2n) is 10.7. The van der Waals surface area contributed by atoms with E-state index in [0.29, 0.717) is 19.5 Å². The third-order valence-electron chi connectivity index (χ3n) is 7.74. The molecule has 2 heterocycles. The van der Waals surface area contributed by atoms with Gasteiger partial charge in [0, 0.05) is 22.9 Å². The number of benzene rings is 4. The number of nitrogens with zero attached hydrogens (tertiary/aromatic N) is 1. The van der Waals surface area contributed by atoms with Crippen LogP contribution in [0.4, 0.5) is 11.4 Å². The second kappa shape index (κ2) is 13.4. The monoisotopic (exact) mass is 653 g/mol. The largest absolute Gasteiger partial charge is 0.406 e. The van der Waals surface area contributed by atoms with Gasteiger partial charge in [0.25, 0.3) is 16.0 Å². The molecule has 2 aliphatic rings. The third-order valence-corrected chi connectivity index (χ3v) is 10.1. The Morgan fingerprint density at radius 3 is 2.57 bits per heavy atom. The number of hydrogen-bond acceptors (Lipinski definition) is 7. The van der Waals surface area contributed by atoms with Crippen LogP contribution >= 0.6 is 11.8 Å². The summed E-state index contributed by atoms with van der Waals surface area (Å²) in [5.74, 6) is 1.19. The van der Waals surface area contributed by atoms with Gasteiger partial charge in [-0.3, -0.25) is 13.3 Å². The molecule has 0 bridgehead atoms. The molecule has 0 aromatic heterocycles. The summed E-state index contributed by atoms with van der Waals surface area (Å²) in [7, 11) is -4.09. The SMILES string of the molecule is O=S(O)OCCCC[NH+]1C(=CC2Sc3ccc4ccccc4c3N2CCCS(=O)(=O)O)Oc2ccc(-c3ccccc3)cc21. The molecule has 3 unspecified atom stereocenters. The van der Waals surface area contributed by atoms with E-state index < -0.39 is 21.5 Å². The number of rotatable bonds is 12. The minimum Gasteiger partial charge on any atom is -0.406 e. The molecule has 0 spiro atoms. The van der Waals surface area contributed by atoms with Crippen LogP contribution in [-0.2, 0) is 25.7 Å². The molecule has 6 rings (SSSR count). The van der Waals surface area contributed by atoms with Gasteiger partial charge in [-0.2, -0.15) is 12.6 Å². The van der Waals surface area contributed by atoms with Crippen LogP contribution in [0.2, 0.25) is 0 Å². The van der Waals surface area contributed by atoms with Crippen molar-refractivity contribution in [2.45, 2.75) is 29.5 Å². The van der Waals surface area contributed by atoms with E-state index in [0.717, 1.165) is 61.1 Å². The summed E-state index contributed by atoms with van der Waals surface area (Å²) in [5, 5.41) is 2.00. The highest BCUT2D eigenvalue weighted by Crippen LogP contribution is 2.48. The van der Waals surface area contributed by atoms with Gasteiger partial charge in [0.15, 0.2) is 11.4 Å². The summed E-state index contributed by atoms with van der Waals surface area (Å²) in [4.78, 5) is 4.33. The van der Waals surface area contributed by atoms with Crippen LogP contribution in [0, 0.1) is 0 Å². The molecule has 0 fully saturated rings. The summed E-state index contributed by atoms with van der Waals surface area (Å²) >= 11 is -0.606. The lowest BCUT2D eigenvalue weighted by molar-refractivity contribution is -0.796. The zero-order valence-electron chi connectivity index (χ0n) is 23.8. The van der Waals surface area contributed by atoms with Crippen molar-refractivity contribution in [3.8, 4) is 16.9 Å². The number of ether oxygens (including phenoxy) is 1. The summed E-state index contributed by atoms with van der Waals surface area (Å²) in [6.07, 6.45) is 3.70.